The summed E-state index contributed by atoms with van der Waals surface area (Å²) in [4.78, 5) is 38.0. The van der Waals surface area contributed by atoms with E-state index in [1.807, 2.05) is 48.5 Å². The fourth-order valence-corrected chi connectivity index (χ4v) is 2.99. The lowest BCUT2D eigenvalue weighted by Crippen LogP contribution is -2.38. The molecule has 1 aliphatic rings. The third-order valence-corrected chi connectivity index (χ3v) is 4.40. The zero-order chi connectivity index (χ0) is 19.2. The van der Waals surface area contributed by atoms with E-state index in [2.05, 4.69) is 10.6 Å². The summed E-state index contributed by atoms with van der Waals surface area (Å²) in [5.41, 5.74) is 1.59. The topological polar surface area (TPSA) is 98.7 Å². The maximum atomic E-state index is 12.5. The number of carbonyl (C=O) groups excluding carboxylic acids is 3. The van der Waals surface area contributed by atoms with Crippen LogP contribution < -0.4 is 10.6 Å². The number of urea groups is 1. The third-order valence-electron chi connectivity index (χ3n) is 4.40. The van der Waals surface area contributed by atoms with Crippen LogP contribution in [-0.4, -0.2) is 40.5 Å². The van der Waals surface area contributed by atoms with Crippen molar-refractivity contribution in [1.29, 1.82) is 0 Å². The molecule has 3 N–H and O–H groups in total. The molecule has 2 atom stereocenters. The second kappa shape index (κ2) is 8.46. The molecule has 0 bridgehead atoms. The van der Waals surface area contributed by atoms with Gasteiger partial charge in [0.1, 0.15) is 6.04 Å². The molecule has 0 saturated carbocycles. The van der Waals surface area contributed by atoms with Crippen molar-refractivity contribution in [2.45, 2.75) is 25.0 Å². The van der Waals surface area contributed by atoms with Crippen LogP contribution in [0.3, 0.4) is 0 Å². The van der Waals surface area contributed by atoms with Gasteiger partial charge in [-0.05, 0) is 11.1 Å². The Labute approximate surface area is 157 Å². The number of aliphatic hydroxyl groups excluding tert-OH is 1. The van der Waals surface area contributed by atoms with Crippen LogP contribution in [0.4, 0.5) is 4.79 Å². The van der Waals surface area contributed by atoms with Crippen LogP contribution in [0.25, 0.3) is 0 Å². The van der Waals surface area contributed by atoms with Crippen LogP contribution in [0.5, 0.6) is 0 Å². The minimum Gasteiger partial charge on any atom is -0.394 e. The maximum absolute atomic E-state index is 12.5. The lowest BCUT2D eigenvalue weighted by molar-refractivity contribution is -0.131. The molecule has 0 unspecified atom stereocenters. The van der Waals surface area contributed by atoms with E-state index in [1.165, 1.54) is 0 Å². The predicted molar refractivity (Wildman–Crippen MR) is 98.3 cm³/mol. The van der Waals surface area contributed by atoms with E-state index in [4.69, 9.17) is 0 Å². The molecule has 1 aliphatic heterocycles. The SMILES string of the molecule is O=C(C[C@H]1NC(=O)N(Cc2ccccc2)C1=O)N[C@H](CO)c1ccccc1. The number of amides is 4. The molecule has 0 aliphatic carbocycles. The molecule has 0 spiro atoms. The fraction of sp³-hybridized carbons (Fsp3) is 0.250. The number of nitrogens with zero attached hydrogens (tertiary/aromatic N) is 1. The summed E-state index contributed by atoms with van der Waals surface area (Å²) in [7, 11) is 0. The van der Waals surface area contributed by atoms with Crippen molar-refractivity contribution < 1.29 is 19.5 Å². The largest absolute Gasteiger partial charge is 0.394 e. The maximum Gasteiger partial charge on any atom is 0.325 e. The van der Waals surface area contributed by atoms with Gasteiger partial charge in [-0.3, -0.25) is 14.5 Å². The van der Waals surface area contributed by atoms with Crippen molar-refractivity contribution in [3.05, 3.63) is 71.8 Å². The molecule has 1 fully saturated rings. The molecule has 1 saturated heterocycles. The van der Waals surface area contributed by atoms with E-state index >= 15 is 0 Å². The number of nitrogens with one attached hydrogen (secondary N) is 2. The number of benzene rings is 2. The Morgan fingerprint density at radius 1 is 1.07 bits per heavy atom. The number of aliphatic hydroxyl groups is 1. The highest BCUT2D eigenvalue weighted by molar-refractivity contribution is 6.05. The van der Waals surface area contributed by atoms with Crippen LogP contribution >= 0.6 is 0 Å². The average molecular weight is 367 g/mol. The first-order valence-electron chi connectivity index (χ1n) is 8.69. The minimum atomic E-state index is -0.906. The van der Waals surface area contributed by atoms with Crippen molar-refractivity contribution >= 4 is 17.8 Å². The van der Waals surface area contributed by atoms with Gasteiger partial charge in [-0.1, -0.05) is 60.7 Å². The molecule has 7 nitrogen and oxygen atoms in total. The molecule has 4 amide bonds. The smallest absolute Gasteiger partial charge is 0.325 e. The van der Waals surface area contributed by atoms with E-state index in [0.717, 1.165) is 16.0 Å². The lowest BCUT2D eigenvalue weighted by atomic mass is 10.1. The standard InChI is InChI=1S/C20H21N3O4/c24-13-17(15-9-5-2-6-10-15)21-18(25)11-16-19(26)23(20(27)22-16)12-14-7-3-1-4-8-14/h1-10,16-17,24H,11-13H2,(H,21,25)(H,22,27)/t16-,17-/m1/s1. The Morgan fingerprint density at radius 2 is 1.70 bits per heavy atom. The van der Waals surface area contributed by atoms with Gasteiger partial charge in [0.15, 0.2) is 0 Å². The highest BCUT2D eigenvalue weighted by Gasteiger charge is 2.39. The van der Waals surface area contributed by atoms with Crippen molar-refractivity contribution in [1.82, 2.24) is 15.5 Å². The summed E-state index contributed by atoms with van der Waals surface area (Å²) in [6.45, 7) is -0.103. The molecular formula is C20H21N3O4. The first-order valence-corrected chi connectivity index (χ1v) is 8.69. The highest BCUT2D eigenvalue weighted by atomic mass is 16.3. The Balaban J connectivity index is 1.59. The van der Waals surface area contributed by atoms with Gasteiger partial charge in [0.2, 0.25) is 5.91 Å². The summed E-state index contributed by atoms with van der Waals surface area (Å²) in [5.74, 6) is -0.850. The molecule has 2 aromatic rings. The van der Waals surface area contributed by atoms with E-state index in [0.29, 0.717) is 0 Å². The second-order valence-corrected chi connectivity index (χ2v) is 6.33. The normalized spacial score (nSPS) is 17.5. The van der Waals surface area contributed by atoms with Crippen LogP contribution in [-0.2, 0) is 16.1 Å². The van der Waals surface area contributed by atoms with Gasteiger partial charge < -0.3 is 15.7 Å². The number of hydrogen-bond acceptors (Lipinski definition) is 4. The molecule has 0 aromatic heterocycles. The van der Waals surface area contributed by atoms with Crippen LogP contribution in [0.1, 0.15) is 23.6 Å². The second-order valence-electron chi connectivity index (χ2n) is 6.33. The van der Waals surface area contributed by atoms with Crippen molar-refractivity contribution in [3.63, 3.8) is 0 Å². The molecule has 140 valence electrons. The van der Waals surface area contributed by atoms with Gasteiger partial charge in [-0.2, -0.15) is 0 Å². The van der Waals surface area contributed by atoms with Crippen molar-refractivity contribution in [2.75, 3.05) is 6.61 Å². The molecule has 1 heterocycles. The predicted octanol–water partition coefficient (Wildman–Crippen LogP) is 1.35. The number of rotatable bonds is 7. The average Bonchev–Trinajstić information content (AvgIpc) is 2.95. The van der Waals surface area contributed by atoms with Gasteiger partial charge in [0.25, 0.3) is 5.91 Å². The van der Waals surface area contributed by atoms with E-state index in [1.54, 1.807) is 12.1 Å². The summed E-state index contributed by atoms with van der Waals surface area (Å²) in [5, 5.41) is 14.8. The lowest BCUT2D eigenvalue weighted by Gasteiger charge is -2.18. The fourth-order valence-electron chi connectivity index (χ4n) is 2.99. The van der Waals surface area contributed by atoms with E-state index in [9.17, 15) is 19.5 Å². The number of hydrogen-bond donors (Lipinski definition) is 3. The van der Waals surface area contributed by atoms with Gasteiger partial charge >= 0.3 is 6.03 Å². The first-order chi connectivity index (χ1) is 13.1. The summed E-state index contributed by atoms with van der Waals surface area (Å²) < 4.78 is 0. The molecular weight excluding hydrogens is 346 g/mol. The van der Waals surface area contributed by atoms with Gasteiger partial charge in [0.05, 0.1) is 25.6 Å². The van der Waals surface area contributed by atoms with Gasteiger partial charge in [0, 0.05) is 0 Å². The molecule has 2 aromatic carbocycles. The van der Waals surface area contributed by atoms with Crippen LogP contribution in [0.2, 0.25) is 0 Å². The van der Waals surface area contributed by atoms with Crippen molar-refractivity contribution in [3.8, 4) is 0 Å². The van der Waals surface area contributed by atoms with E-state index in [-0.39, 0.29) is 19.6 Å². The Kier molecular flexibility index (Phi) is 5.83. The van der Waals surface area contributed by atoms with Gasteiger partial charge in [-0.15, -0.1) is 0 Å². The molecule has 27 heavy (non-hydrogen) atoms. The quantitative estimate of drug-likeness (QED) is 0.643. The number of imide groups is 1. The zero-order valence-corrected chi connectivity index (χ0v) is 14.7. The molecule has 0 radical (unpaired) electrons. The first kappa shape index (κ1) is 18.6. The monoisotopic (exact) mass is 367 g/mol. The van der Waals surface area contributed by atoms with Crippen LogP contribution in [0, 0.1) is 0 Å². The summed E-state index contributed by atoms with van der Waals surface area (Å²) in [6, 6.07) is 16.2. The minimum absolute atomic E-state index is 0.160. The molecule has 7 heteroatoms. The third kappa shape index (κ3) is 4.51. The summed E-state index contributed by atoms with van der Waals surface area (Å²) in [6.07, 6.45) is -0.181. The Hall–Kier alpha value is -3.19. The Bertz CT molecular complexity index is 810. The highest BCUT2D eigenvalue weighted by Crippen LogP contribution is 2.16. The van der Waals surface area contributed by atoms with Crippen molar-refractivity contribution in [2.24, 2.45) is 0 Å². The van der Waals surface area contributed by atoms with Crippen LogP contribution in [0.15, 0.2) is 60.7 Å². The van der Waals surface area contributed by atoms with E-state index < -0.39 is 29.9 Å². The molecule has 3 rings (SSSR count). The van der Waals surface area contributed by atoms with Gasteiger partial charge in [-0.25, -0.2) is 4.79 Å². The summed E-state index contributed by atoms with van der Waals surface area (Å²) >= 11 is 0. The zero-order valence-electron chi connectivity index (χ0n) is 14.7. The number of carbonyl (C=O) groups is 3. The Morgan fingerprint density at radius 3 is 2.33 bits per heavy atom.